The molecule has 0 radical (unpaired) electrons. The Hall–Kier alpha value is -2.53. The molecule has 1 aromatic heterocycles. The summed E-state index contributed by atoms with van der Waals surface area (Å²) in [6.45, 7) is 0.130. The lowest BCUT2D eigenvalue weighted by molar-refractivity contribution is 0.0154. The van der Waals surface area contributed by atoms with Crippen molar-refractivity contribution in [3.8, 4) is 0 Å². The third kappa shape index (κ3) is 2.51. The molecule has 0 aliphatic carbocycles. The number of benzene rings is 2. The molecule has 3 aromatic rings. The SMILES string of the molecule is [N-]=[N+]=NCCC(O)C(O)c1cccc2c1oc1ccccc12. The first-order chi connectivity index (χ1) is 10.7. The van der Waals surface area contributed by atoms with Gasteiger partial charge in [-0.05, 0) is 18.0 Å². The quantitative estimate of drug-likeness (QED) is 0.426. The number of rotatable bonds is 5. The van der Waals surface area contributed by atoms with Crippen LogP contribution in [0.5, 0.6) is 0 Å². The number of aliphatic hydroxyl groups is 2. The Morgan fingerprint density at radius 3 is 2.68 bits per heavy atom. The van der Waals surface area contributed by atoms with Crippen LogP contribution in [0.15, 0.2) is 52.0 Å². The summed E-state index contributed by atoms with van der Waals surface area (Å²) < 4.78 is 5.83. The summed E-state index contributed by atoms with van der Waals surface area (Å²) in [5, 5.41) is 25.7. The number of aliphatic hydroxyl groups excluding tert-OH is 2. The molecule has 0 spiro atoms. The lowest BCUT2D eigenvalue weighted by Crippen LogP contribution is -2.19. The van der Waals surface area contributed by atoms with Crippen LogP contribution in [0.4, 0.5) is 0 Å². The average Bonchev–Trinajstić information content (AvgIpc) is 2.93. The molecule has 0 aliphatic heterocycles. The standard InChI is InChI=1S/C16H15N3O3/c17-19-18-9-8-13(20)15(21)12-6-3-5-11-10-4-1-2-7-14(10)22-16(11)12/h1-7,13,15,20-21H,8-9H2. The van der Waals surface area contributed by atoms with Crippen molar-refractivity contribution in [1.82, 2.24) is 0 Å². The zero-order valence-corrected chi connectivity index (χ0v) is 11.8. The predicted molar refractivity (Wildman–Crippen MR) is 83.3 cm³/mol. The van der Waals surface area contributed by atoms with E-state index in [1.165, 1.54) is 0 Å². The summed E-state index contributed by atoms with van der Waals surface area (Å²) in [5.74, 6) is 0. The zero-order valence-electron chi connectivity index (χ0n) is 11.8. The molecule has 0 saturated carbocycles. The molecule has 6 nitrogen and oxygen atoms in total. The highest BCUT2D eigenvalue weighted by Crippen LogP contribution is 2.34. The van der Waals surface area contributed by atoms with Gasteiger partial charge in [-0.25, -0.2) is 0 Å². The highest BCUT2D eigenvalue weighted by Gasteiger charge is 2.22. The molecule has 0 aliphatic rings. The van der Waals surface area contributed by atoms with Crippen molar-refractivity contribution < 1.29 is 14.6 Å². The Kier molecular flexibility index (Phi) is 3.98. The van der Waals surface area contributed by atoms with Crippen LogP contribution < -0.4 is 0 Å². The van der Waals surface area contributed by atoms with Gasteiger partial charge in [-0.15, -0.1) is 0 Å². The van der Waals surface area contributed by atoms with Gasteiger partial charge in [-0.2, -0.15) is 0 Å². The second-order valence-corrected chi connectivity index (χ2v) is 5.08. The zero-order chi connectivity index (χ0) is 15.5. The third-order valence-electron chi connectivity index (χ3n) is 3.71. The van der Waals surface area contributed by atoms with Crippen molar-refractivity contribution in [3.05, 3.63) is 58.5 Å². The maximum atomic E-state index is 10.4. The fourth-order valence-corrected chi connectivity index (χ4v) is 2.60. The average molecular weight is 297 g/mol. The number of nitrogens with zero attached hydrogens (tertiary/aromatic N) is 3. The van der Waals surface area contributed by atoms with Crippen LogP contribution in [0.3, 0.4) is 0 Å². The van der Waals surface area contributed by atoms with E-state index in [-0.39, 0.29) is 13.0 Å². The Labute approximate surface area is 126 Å². The molecular weight excluding hydrogens is 282 g/mol. The van der Waals surface area contributed by atoms with E-state index in [4.69, 9.17) is 9.95 Å². The van der Waals surface area contributed by atoms with E-state index in [9.17, 15) is 10.2 Å². The lowest BCUT2D eigenvalue weighted by atomic mass is 9.99. The van der Waals surface area contributed by atoms with Crippen molar-refractivity contribution in [3.63, 3.8) is 0 Å². The van der Waals surface area contributed by atoms with Gasteiger partial charge < -0.3 is 14.6 Å². The van der Waals surface area contributed by atoms with Crippen LogP contribution in [0, 0.1) is 0 Å². The van der Waals surface area contributed by atoms with E-state index in [2.05, 4.69) is 10.0 Å². The summed E-state index contributed by atoms with van der Waals surface area (Å²) in [6, 6.07) is 13.1. The molecule has 0 bridgehead atoms. The van der Waals surface area contributed by atoms with E-state index in [1.54, 1.807) is 6.07 Å². The third-order valence-corrected chi connectivity index (χ3v) is 3.71. The molecule has 0 amide bonds. The van der Waals surface area contributed by atoms with Crippen molar-refractivity contribution in [2.45, 2.75) is 18.6 Å². The Bertz CT molecular complexity index is 852. The van der Waals surface area contributed by atoms with E-state index < -0.39 is 12.2 Å². The van der Waals surface area contributed by atoms with Crippen LogP contribution in [-0.2, 0) is 0 Å². The molecule has 3 rings (SSSR count). The van der Waals surface area contributed by atoms with E-state index >= 15 is 0 Å². The normalized spacial score (nSPS) is 13.9. The van der Waals surface area contributed by atoms with Crippen LogP contribution in [-0.4, -0.2) is 22.9 Å². The summed E-state index contributed by atoms with van der Waals surface area (Å²) in [5.41, 5.74) is 10.1. The molecular formula is C16H15N3O3. The first kappa shape index (κ1) is 14.4. The predicted octanol–water partition coefficient (Wildman–Crippen LogP) is 3.68. The molecule has 22 heavy (non-hydrogen) atoms. The Balaban J connectivity index is 2.01. The van der Waals surface area contributed by atoms with Gasteiger partial charge in [0.15, 0.2) is 0 Å². The largest absolute Gasteiger partial charge is 0.456 e. The van der Waals surface area contributed by atoms with Crippen LogP contribution >= 0.6 is 0 Å². The number of para-hydroxylation sites is 2. The smallest absolute Gasteiger partial charge is 0.141 e. The Morgan fingerprint density at radius 2 is 1.86 bits per heavy atom. The van der Waals surface area contributed by atoms with Gasteiger partial charge in [0.05, 0.1) is 6.10 Å². The second kappa shape index (κ2) is 6.07. The topological polar surface area (TPSA) is 102 Å². The van der Waals surface area contributed by atoms with Gasteiger partial charge in [-0.1, -0.05) is 41.5 Å². The maximum absolute atomic E-state index is 10.4. The van der Waals surface area contributed by atoms with Crippen molar-refractivity contribution >= 4 is 21.9 Å². The summed E-state index contributed by atoms with van der Waals surface area (Å²) in [6.07, 6.45) is -1.94. The first-order valence-electron chi connectivity index (χ1n) is 6.99. The molecule has 0 saturated heterocycles. The summed E-state index contributed by atoms with van der Waals surface area (Å²) in [7, 11) is 0. The van der Waals surface area contributed by atoms with Gasteiger partial charge in [-0.3, -0.25) is 0 Å². The van der Waals surface area contributed by atoms with E-state index in [0.29, 0.717) is 11.1 Å². The minimum atomic E-state index is -1.10. The first-order valence-corrected chi connectivity index (χ1v) is 6.99. The molecule has 2 atom stereocenters. The minimum absolute atomic E-state index is 0.130. The molecule has 2 aromatic carbocycles. The molecule has 6 heteroatoms. The van der Waals surface area contributed by atoms with Gasteiger partial charge in [0.25, 0.3) is 0 Å². The minimum Gasteiger partial charge on any atom is -0.456 e. The number of furan rings is 1. The fraction of sp³-hybridized carbons (Fsp3) is 0.250. The van der Waals surface area contributed by atoms with Crippen molar-refractivity contribution in [2.24, 2.45) is 5.11 Å². The second-order valence-electron chi connectivity index (χ2n) is 5.08. The van der Waals surface area contributed by atoms with Crippen LogP contribution in [0.25, 0.3) is 32.4 Å². The molecule has 112 valence electrons. The number of hydrogen-bond acceptors (Lipinski definition) is 4. The highest BCUT2D eigenvalue weighted by atomic mass is 16.3. The van der Waals surface area contributed by atoms with Crippen molar-refractivity contribution in [2.75, 3.05) is 6.54 Å². The number of hydrogen-bond donors (Lipinski definition) is 2. The summed E-state index contributed by atoms with van der Waals surface area (Å²) in [4.78, 5) is 2.63. The lowest BCUT2D eigenvalue weighted by Gasteiger charge is -2.17. The molecule has 1 heterocycles. The number of fused-ring (bicyclic) bond motifs is 3. The summed E-state index contributed by atoms with van der Waals surface area (Å²) >= 11 is 0. The van der Waals surface area contributed by atoms with Gasteiger partial charge in [0.2, 0.25) is 0 Å². The molecule has 2 N–H and O–H groups in total. The van der Waals surface area contributed by atoms with Gasteiger partial charge in [0, 0.05) is 27.8 Å². The fourth-order valence-electron chi connectivity index (χ4n) is 2.60. The van der Waals surface area contributed by atoms with Crippen molar-refractivity contribution in [1.29, 1.82) is 0 Å². The van der Waals surface area contributed by atoms with Crippen LogP contribution in [0.1, 0.15) is 18.1 Å². The van der Waals surface area contributed by atoms with E-state index in [0.717, 1.165) is 16.4 Å². The van der Waals surface area contributed by atoms with E-state index in [1.807, 2.05) is 36.4 Å². The van der Waals surface area contributed by atoms with Gasteiger partial charge >= 0.3 is 0 Å². The maximum Gasteiger partial charge on any atom is 0.141 e. The molecule has 0 fully saturated rings. The monoisotopic (exact) mass is 297 g/mol. The number of azide groups is 1. The Morgan fingerprint density at radius 1 is 1.09 bits per heavy atom. The molecule has 2 unspecified atom stereocenters. The van der Waals surface area contributed by atoms with Gasteiger partial charge in [0.1, 0.15) is 17.3 Å². The van der Waals surface area contributed by atoms with Crippen LogP contribution in [0.2, 0.25) is 0 Å². The highest BCUT2D eigenvalue weighted by molar-refractivity contribution is 6.05.